The van der Waals surface area contributed by atoms with Crippen LogP contribution < -0.4 is 0 Å². The van der Waals surface area contributed by atoms with Crippen LogP contribution in [0, 0.1) is 0 Å². The molecule has 1 aromatic carbocycles. The van der Waals surface area contributed by atoms with Gasteiger partial charge in [-0.15, -0.1) is 11.6 Å². The monoisotopic (exact) mass is 216 g/mol. The average Bonchev–Trinajstić information content (AvgIpc) is 2.07. The highest BCUT2D eigenvalue weighted by molar-refractivity contribution is 8.18. The lowest BCUT2D eigenvalue weighted by Gasteiger charge is -2.16. The molecule has 2 rings (SSSR count). The molecule has 4 heteroatoms. The van der Waals surface area contributed by atoms with E-state index in [1.165, 1.54) is 23.5 Å². The van der Waals surface area contributed by atoms with Crippen molar-refractivity contribution in [3.8, 4) is 0 Å². The van der Waals surface area contributed by atoms with Gasteiger partial charge < -0.3 is 0 Å². The van der Waals surface area contributed by atoms with Crippen LogP contribution in [0.2, 0.25) is 0 Å². The highest BCUT2D eigenvalue weighted by Crippen LogP contribution is 2.42. The third-order valence-corrected chi connectivity index (χ3v) is 4.39. The minimum absolute atomic E-state index is 0.0281. The van der Waals surface area contributed by atoms with E-state index >= 15 is 0 Å². The zero-order chi connectivity index (χ0) is 8.55. The van der Waals surface area contributed by atoms with Crippen LogP contribution in [-0.4, -0.2) is 9.82 Å². The zero-order valence-corrected chi connectivity index (χ0v) is 8.38. The Morgan fingerprint density at radius 1 is 1.25 bits per heavy atom. The van der Waals surface area contributed by atoms with Gasteiger partial charge in [0.05, 0.1) is 0 Å². The lowest BCUT2D eigenvalue weighted by molar-refractivity contribution is -0.109. The van der Waals surface area contributed by atoms with Crippen molar-refractivity contribution in [2.45, 2.75) is 14.5 Å². The van der Waals surface area contributed by atoms with Crippen LogP contribution in [-0.2, 0) is 4.79 Å². The summed E-state index contributed by atoms with van der Waals surface area (Å²) in [6.45, 7) is 0. The van der Waals surface area contributed by atoms with E-state index in [-0.39, 0.29) is 5.12 Å². The molecule has 62 valence electrons. The number of fused-ring (bicyclic) bond motifs is 1. The first-order chi connectivity index (χ1) is 5.77. The summed E-state index contributed by atoms with van der Waals surface area (Å²) in [4.78, 5) is 13.3. The molecule has 0 fully saturated rings. The Hall–Kier alpha value is -0.120. The quantitative estimate of drug-likeness (QED) is 0.621. The molecule has 0 aromatic heterocycles. The molecule has 0 radical (unpaired) electrons. The molecular formula is C8H5ClOS2. The van der Waals surface area contributed by atoms with Gasteiger partial charge in [0, 0.05) is 9.79 Å². The fraction of sp³-hybridized carbons (Fsp3) is 0.125. The van der Waals surface area contributed by atoms with E-state index in [1.807, 2.05) is 24.3 Å². The summed E-state index contributed by atoms with van der Waals surface area (Å²) in [5.74, 6) is 0. The minimum Gasteiger partial charge on any atom is -0.284 e. The van der Waals surface area contributed by atoms with E-state index in [4.69, 9.17) is 11.6 Å². The predicted octanol–water partition coefficient (Wildman–Crippen LogP) is 2.98. The summed E-state index contributed by atoms with van der Waals surface area (Å²) in [5.41, 5.74) is 0. The van der Waals surface area contributed by atoms with Crippen molar-refractivity contribution in [3.05, 3.63) is 24.3 Å². The minimum atomic E-state index is -0.426. The predicted molar refractivity (Wildman–Crippen MR) is 52.8 cm³/mol. The number of alkyl halides is 1. The van der Waals surface area contributed by atoms with Crippen molar-refractivity contribution in [2.75, 3.05) is 0 Å². The van der Waals surface area contributed by atoms with E-state index < -0.39 is 4.71 Å². The van der Waals surface area contributed by atoms with Crippen LogP contribution in [0.3, 0.4) is 0 Å². The third kappa shape index (κ3) is 1.49. The van der Waals surface area contributed by atoms with Crippen molar-refractivity contribution in [1.29, 1.82) is 0 Å². The summed E-state index contributed by atoms with van der Waals surface area (Å²) in [6.07, 6.45) is 0. The maximum Gasteiger partial charge on any atom is 0.222 e. The van der Waals surface area contributed by atoms with Gasteiger partial charge in [0.2, 0.25) is 5.12 Å². The molecule has 1 aromatic rings. The van der Waals surface area contributed by atoms with Crippen molar-refractivity contribution in [1.82, 2.24) is 0 Å². The summed E-state index contributed by atoms with van der Waals surface area (Å²) >= 11 is 8.43. The fourth-order valence-corrected chi connectivity index (χ4v) is 3.21. The van der Waals surface area contributed by atoms with Gasteiger partial charge in [0.15, 0.2) is 4.71 Å². The second-order valence-corrected chi connectivity index (χ2v) is 5.19. The van der Waals surface area contributed by atoms with Gasteiger partial charge in [-0.25, -0.2) is 0 Å². The molecule has 1 aliphatic rings. The number of halogens is 1. The normalized spacial score (nSPS) is 22.1. The van der Waals surface area contributed by atoms with Crippen LogP contribution in [0.5, 0.6) is 0 Å². The Kier molecular flexibility index (Phi) is 2.35. The fourth-order valence-electron chi connectivity index (χ4n) is 0.946. The Labute approximate surface area is 83.9 Å². The molecular weight excluding hydrogens is 212 g/mol. The highest BCUT2D eigenvalue weighted by atomic mass is 35.5. The summed E-state index contributed by atoms with van der Waals surface area (Å²) in [7, 11) is 0. The van der Waals surface area contributed by atoms with Gasteiger partial charge in [0.1, 0.15) is 0 Å². The largest absolute Gasteiger partial charge is 0.284 e. The third-order valence-electron chi connectivity index (χ3n) is 1.48. The molecule has 0 amide bonds. The second kappa shape index (κ2) is 3.32. The Morgan fingerprint density at radius 3 is 2.67 bits per heavy atom. The topological polar surface area (TPSA) is 17.1 Å². The number of rotatable bonds is 0. The van der Waals surface area contributed by atoms with Crippen LogP contribution in [0.4, 0.5) is 0 Å². The van der Waals surface area contributed by atoms with Crippen LogP contribution >= 0.6 is 35.1 Å². The lowest BCUT2D eigenvalue weighted by atomic mass is 10.4. The highest BCUT2D eigenvalue weighted by Gasteiger charge is 2.25. The maximum absolute atomic E-state index is 11.2. The van der Waals surface area contributed by atoms with Crippen molar-refractivity contribution < 1.29 is 4.79 Å². The smallest absolute Gasteiger partial charge is 0.222 e. The van der Waals surface area contributed by atoms with Crippen molar-refractivity contribution in [2.24, 2.45) is 0 Å². The molecule has 1 atom stereocenters. The first-order valence-electron chi connectivity index (χ1n) is 3.39. The first kappa shape index (κ1) is 8.48. The Bertz CT molecular complexity index is 327. The number of carbonyl (C=O) groups excluding carboxylic acids is 1. The van der Waals surface area contributed by atoms with Gasteiger partial charge in [-0.2, -0.15) is 0 Å². The van der Waals surface area contributed by atoms with Gasteiger partial charge in [-0.05, 0) is 23.9 Å². The maximum atomic E-state index is 11.2. The molecule has 1 aliphatic heterocycles. The van der Waals surface area contributed by atoms with Gasteiger partial charge >= 0.3 is 0 Å². The second-order valence-electron chi connectivity index (χ2n) is 2.30. The standard InChI is InChI=1S/C8H5ClOS2/c9-7-8(10)12-6-4-2-1-3-5(6)11-7/h1-4,7H. The number of carbonyl (C=O) groups is 1. The van der Waals surface area contributed by atoms with Gasteiger partial charge in [0.25, 0.3) is 0 Å². The number of benzene rings is 1. The van der Waals surface area contributed by atoms with E-state index in [9.17, 15) is 4.79 Å². The number of thioether (sulfide) groups is 2. The van der Waals surface area contributed by atoms with Gasteiger partial charge in [-0.1, -0.05) is 23.9 Å². The molecule has 0 aliphatic carbocycles. The first-order valence-corrected chi connectivity index (χ1v) is 5.52. The average molecular weight is 217 g/mol. The molecule has 0 N–H and O–H groups in total. The molecule has 0 spiro atoms. The van der Waals surface area contributed by atoms with Gasteiger partial charge in [-0.3, -0.25) is 4.79 Å². The molecule has 0 bridgehead atoms. The van der Waals surface area contributed by atoms with Crippen LogP contribution in [0.15, 0.2) is 34.1 Å². The molecule has 1 unspecified atom stereocenters. The molecule has 12 heavy (non-hydrogen) atoms. The van der Waals surface area contributed by atoms with Crippen molar-refractivity contribution in [3.63, 3.8) is 0 Å². The lowest BCUT2D eigenvalue weighted by Crippen LogP contribution is -2.09. The van der Waals surface area contributed by atoms with Crippen LogP contribution in [0.1, 0.15) is 0 Å². The molecule has 1 nitrogen and oxygen atoms in total. The Morgan fingerprint density at radius 2 is 1.92 bits per heavy atom. The number of hydrogen-bond donors (Lipinski definition) is 0. The van der Waals surface area contributed by atoms with E-state index in [0.717, 1.165) is 9.79 Å². The zero-order valence-electron chi connectivity index (χ0n) is 5.99. The molecule has 0 saturated heterocycles. The van der Waals surface area contributed by atoms with Crippen molar-refractivity contribution >= 4 is 40.2 Å². The summed E-state index contributed by atoms with van der Waals surface area (Å²) < 4.78 is -0.426. The van der Waals surface area contributed by atoms with E-state index in [2.05, 4.69) is 0 Å². The molecule has 0 saturated carbocycles. The van der Waals surface area contributed by atoms with Crippen LogP contribution in [0.25, 0.3) is 0 Å². The summed E-state index contributed by atoms with van der Waals surface area (Å²) in [6, 6.07) is 7.79. The Balaban J connectivity index is 2.40. The number of hydrogen-bond acceptors (Lipinski definition) is 3. The van der Waals surface area contributed by atoms with E-state index in [0.29, 0.717) is 0 Å². The van der Waals surface area contributed by atoms with E-state index in [1.54, 1.807) is 0 Å². The SMILES string of the molecule is O=C1Sc2ccccc2SC1Cl. The molecule has 1 heterocycles. The summed E-state index contributed by atoms with van der Waals surface area (Å²) in [5, 5.41) is 0.0281.